The number of hydrogen-bond donors (Lipinski definition) is 0. The lowest BCUT2D eigenvalue weighted by Gasteiger charge is -2.00. The van der Waals surface area contributed by atoms with E-state index < -0.39 is 9.84 Å². The highest BCUT2D eigenvalue weighted by Gasteiger charge is 2.19. The van der Waals surface area contributed by atoms with Crippen LogP contribution in [0, 0.1) is 6.57 Å². The number of benzene rings is 1. The second kappa shape index (κ2) is 5.72. The molecule has 0 radical (unpaired) electrons. The van der Waals surface area contributed by atoms with Gasteiger partial charge in [0.25, 0.3) is 12.3 Å². The number of furan rings is 1. The average Bonchev–Trinajstić information content (AvgIpc) is 2.75. The third-order valence-electron chi connectivity index (χ3n) is 2.34. The maximum Gasteiger partial charge on any atom is 0.390 e. The molecule has 0 aliphatic heterocycles. The van der Waals surface area contributed by atoms with E-state index in [1.165, 1.54) is 25.3 Å². The Kier molecular flexibility index (Phi) is 4.20. The molecule has 0 saturated heterocycles. The quantitative estimate of drug-likeness (QED) is 0.276. The summed E-state index contributed by atoms with van der Waals surface area (Å²) in [6.07, 6.45) is 1.09. The van der Waals surface area contributed by atoms with Gasteiger partial charge in [-0.05, 0) is 18.2 Å². The van der Waals surface area contributed by atoms with Crippen molar-refractivity contribution in [1.29, 1.82) is 0 Å². The minimum absolute atomic E-state index is 0.0992. The predicted octanol–water partition coefficient (Wildman–Crippen LogP) is 2.91. The maximum absolute atomic E-state index is 11.5. The standard InChI is InChI=1S/C11H9NO6S2/c1-12-11-10(17-19-18-15-2)8-5-4-7(20(3,13)14)6-9(8)16-11/h4-6H,2-3H3. The van der Waals surface area contributed by atoms with Crippen LogP contribution in [-0.2, 0) is 19.1 Å². The smallest absolute Gasteiger partial charge is 0.390 e. The van der Waals surface area contributed by atoms with Crippen LogP contribution in [0.4, 0.5) is 5.88 Å². The van der Waals surface area contributed by atoms with Crippen LogP contribution < -0.4 is 4.18 Å². The minimum Gasteiger partial charge on any atom is -0.477 e. The highest BCUT2D eigenvalue weighted by Crippen LogP contribution is 2.41. The molecule has 0 saturated carbocycles. The van der Waals surface area contributed by atoms with Gasteiger partial charge in [0.15, 0.2) is 15.6 Å². The van der Waals surface area contributed by atoms with Crippen molar-refractivity contribution in [2.75, 3.05) is 13.4 Å². The van der Waals surface area contributed by atoms with Gasteiger partial charge in [-0.3, -0.25) is 0 Å². The van der Waals surface area contributed by atoms with Crippen LogP contribution in [-0.4, -0.2) is 21.8 Å². The summed E-state index contributed by atoms with van der Waals surface area (Å²) >= 11 is 0.521. The summed E-state index contributed by atoms with van der Waals surface area (Å²) in [6.45, 7) is 7.03. The van der Waals surface area contributed by atoms with Gasteiger partial charge in [-0.2, -0.15) is 4.85 Å². The molecule has 2 aromatic rings. The summed E-state index contributed by atoms with van der Waals surface area (Å²) in [5.74, 6) is 0.0509. The van der Waals surface area contributed by atoms with Crippen LogP contribution in [0.2, 0.25) is 0 Å². The molecule has 0 unspecified atom stereocenters. The number of nitrogens with zero attached hydrogens (tertiary/aromatic N) is 1. The van der Waals surface area contributed by atoms with Gasteiger partial charge in [-0.25, -0.2) is 13.3 Å². The van der Waals surface area contributed by atoms with Crippen LogP contribution in [0.5, 0.6) is 5.75 Å². The molecular weight excluding hydrogens is 306 g/mol. The molecule has 7 nitrogen and oxygen atoms in total. The first-order chi connectivity index (χ1) is 9.47. The third-order valence-corrected chi connectivity index (χ3v) is 3.88. The maximum atomic E-state index is 11.5. The van der Waals surface area contributed by atoms with Gasteiger partial charge in [0.05, 0.1) is 24.0 Å². The van der Waals surface area contributed by atoms with E-state index in [0.717, 1.165) is 6.26 Å². The van der Waals surface area contributed by atoms with Gasteiger partial charge in [0.1, 0.15) is 5.58 Å². The molecule has 0 amide bonds. The van der Waals surface area contributed by atoms with E-state index in [1.807, 2.05) is 0 Å². The molecule has 0 spiro atoms. The lowest BCUT2D eigenvalue weighted by molar-refractivity contribution is -0.164. The van der Waals surface area contributed by atoms with Crippen molar-refractivity contribution >= 4 is 39.0 Å². The molecule has 0 fully saturated rings. The zero-order chi connectivity index (χ0) is 14.8. The lowest BCUT2D eigenvalue weighted by atomic mass is 10.2. The largest absolute Gasteiger partial charge is 0.477 e. The zero-order valence-corrected chi connectivity index (χ0v) is 12.1. The minimum atomic E-state index is -3.35. The SMILES string of the molecule is [C-]#[N+]c1oc2cc(S(C)(=O)=O)ccc2c1OSOOC. The fourth-order valence-corrected chi connectivity index (χ4v) is 2.45. The van der Waals surface area contributed by atoms with E-state index in [4.69, 9.17) is 15.2 Å². The molecule has 1 aromatic heterocycles. The number of rotatable bonds is 5. The molecule has 20 heavy (non-hydrogen) atoms. The Morgan fingerprint density at radius 3 is 2.75 bits per heavy atom. The molecular formula is C11H9NO6S2. The Balaban J connectivity index is 2.50. The Bertz CT molecular complexity index is 774. The van der Waals surface area contributed by atoms with Crippen LogP contribution in [0.25, 0.3) is 15.8 Å². The fourth-order valence-electron chi connectivity index (χ4n) is 1.50. The monoisotopic (exact) mass is 315 g/mol. The lowest BCUT2D eigenvalue weighted by Crippen LogP contribution is -1.95. The van der Waals surface area contributed by atoms with E-state index in [1.54, 1.807) is 0 Å². The predicted molar refractivity (Wildman–Crippen MR) is 71.9 cm³/mol. The van der Waals surface area contributed by atoms with E-state index in [2.05, 4.69) is 14.1 Å². The summed E-state index contributed by atoms with van der Waals surface area (Å²) in [5, 5.41) is 0.468. The van der Waals surface area contributed by atoms with Crippen molar-refractivity contribution in [2.45, 2.75) is 4.90 Å². The van der Waals surface area contributed by atoms with Gasteiger partial charge in [-0.1, -0.05) is 0 Å². The molecule has 0 aliphatic carbocycles. The van der Waals surface area contributed by atoms with Crippen molar-refractivity contribution in [3.63, 3.8) is 0 Å². The van der Waals surface area contributed by atoms with Gasteiger partial charge in [-0.15, -0.1) is 4.33 Å². The Hall–Kier alpha value is -1.73. The summed E-state index contributed by atoms with van der Waals surface area (Å²) in [4.78, 5) is 7.62. The van der Waals surface area contributed by atoms with Crippen LogP contribution in [0.3, 0.4) is 0 Å². The molecule has 1 heterocycles. The number of hydrogen-bond acceptors (Lipinski definition) is 7. The normalized spacial score (nSPS) is 11.4. The molecule has 0 atom stereocenters. The van der Waals surface area contributed by atoms with E-state index >= 15 is 0 Å². The van der Waals surface area contributed by atoms with Crippen molar-refractivity contribution in [3.8, 4) is 5.75 Å². The average molecular weight is 315 g/mol. The van der Waals surface area contributed by atoms with E-state index in [-0.39, 0.29) is 22.1 Å². The fraction of sp³-hybridized carbons (Fsp3) is 0.182. The first kappa shape index (κ1) is 14.7. The summed E-state index contributed by atoms with van der Waals surface area (Å²) in [7, 11) is -2.05. The van der Waals surface area contributed by atoms with Crippen molar-refractivity contribution in [3.05, 3.63) is 29.6 Å². The van der Waals surface area contributed by atoms with E-state index in [9.17, 15) is 8.42 Å². The van der Waals surface area contributed by atoms with Crippen molar-refractivity contribution in [2.24, 2.45) is 0 Å². The molecule has 0 aliphatic rings. The topological polar surface area (TPSA) is 79.3 Å². The van der Waals surface area contributed by atoms with Crippen molar-refractivity contribution in [1.82, 2.24) is 0 Å². The molecule has 0 N–H and O–H groups in total. The third kappa shape index (κ3) is 2.88. The molecule has 0 bridgehead atoms. The molecule has 106 valence electrons. The highest BCUT2D eigenvalue weighted by atomic mass is 32.2. The second-order valence-electron chi connectivity index (χ2n) is 3.66. The van der Waals surface area contributed by atoms with Gasteiger partial charge in [0, 0.05) is 6.26 Å². The van der Waals surface area contributed by atoms with Crippen LogP contribution in [0.1, 0.15) is 0 Å². The number of sulfone groups is 1. The van der Waals surface area contributed by atoms with Gasteiger partial charge in [0.2, 0.25) is 0 Å². The van der Waals surface area contributed by atoms with Gasteiger partial charge >= 0.3 is 5.88 Å². The first-order valence-electron chi connectivity index (χ1n) is 5.15. The summed E-state index contributed by atoms with van der Waals surface area (Å²) in [6, 6.07) is 4.26. The Morgan fingerprint density at radius 2 is 2.15 bits per heavy atom. The number of fused-ring (bicyclic) bond motifs is 1. The Labute approximate surface area is 119 Å². The molecule has 1 aromatic carbocycles. The molecule has 9 heteroatoms. The van der Waals surface area contributed by atoms with Crippen molar-refractivity contribution < 1.29 is 26.2 Å². The van der Waals surface area contributed by atoms with E-state index in [0.29, 0.717) is 17.7 Å². The molecule has 2 rings (SSSR count). The summed E-state index contributed by atoms with van der Waals surface area (Å²) < 4.78 is 37.9. The first-order valence-corrected chi connectivity index (χ1v) is 7.71. The summed E-state index contributed by atoms with van der Waals surface area (Å²) in [5.41, 5.74) is 0.243. The second-order valence-corrected chi connectivity index (χ2v) is 6.12. The zero-order valence-electron chi connectivity index (χ0n) is 10.4. The van der Waals surface area contributed by atoms with Crippen LogP contribution in [0.15, 0.2) is 27.5 Å². The van der Waals surface area contributed by atoms with Gasteiger partial charge < -0.3 is 8.60 Å². The highest BCUT2D eigenvalue weighted by molar-refractivity contribution is 7.90. The van der Waals surface area contributed by atoms with Crippen LogP contribution >= 0.6 is 12.3 Å². The Morgan fingerprint density at radius 1 is 1.40 bits per heavy atom.